The van der Waals surface area contributed by atoms with Crippen molar-refractivity contribution in [3.8, 4) is 77.9 Å². The van der Waals surface area contributed by atoms with Crippen LogP contribution in [-0.2, 0) is 0 Å². The summed E-state index contributed by atoms with van der Waals surface area (Å²) in [6.07, 6.45) is 0. The van der Waals surface area contributed by atoms with Crippen LogP contribution in [-0.4, -0.2) is 0 Å². The maximum Gasteiger partial charge on any atom is -0.000720 e. The molecule has 0 unspecified atom stereocenters. The zero-order chi connectivity index (χ0) is 38.2. The summed E-state index contributed by atoms with van der Waals surface area (Å²) < 4.78 is 0. The summed E-state index contributed by atoms with van der Waals surface area (Å²) in [4.78, 5) is 0. The molecule has 0 N–H and O–H groups in total. The number of fused-ring (bicyclic) bond motifs is 6. The van der Waals surface area contributed by atoms with Gasteiger partial charge in [-0.1, -0.05) is 200 Å². The van der Waals surface area contributed by atoms with Crippen LogP contribution in [0.25, 0.3) is 121 Å². The van der Waals surface area contributed by atoms with Crippen molar-refractivity contribution in [3.63, 3.8) is 0 Å². The van der Waals surface area contributed by atoms with E-state index in [0.717, 1.165) is 0 Å². The molecule has 0 fully saturated rings. The van der Waals surface area contributed by atoms with Crippen LogP contribution >= 0.6 is 0 Å². The summed E-state index contributed by atoms with van der Waals surface area (Å²) in [5, 5.41) is 10.2. The Morgan fingerprint density at radius 2 is 0.603 bits per heavy atom. The summed E-state index contributed by atoms with van der Waals surface area (Å²) in [6.45, 7) is 0. The van der Waals surface area contributed by atoms with E-state index < -0.39 is 0 Å². The third-order valence-electron chi connectivity index (χ3n) is 12.3. The van der Waals surface area contributed by atoms with Crippen LogP contribution in [0.3, 0.4) is 0 Å². The van der Waals surface area contributed by atoms with Gasteiger partial charge in [0.2, 0.25) is 0 Å². The maximum absolute atomic E-state index is 2.48. The first-order chi connectivity index (χ1) is 28.8. The Bertz CT molecular complexity index is 3400. The molecule has 0 spiro atoms. The van der Waals surface area contributed by atoms with Crippen LogP contribution in [0.1, 0.15) is 0 Å². The number of rotatable bonds is 5. The highest BCUT2D eigenvalue weighted by Crippen LogP contribution is 2.58. The Kier molecular flexibility index (Phi) is 7.33. The molecule has 0 nitrogen and oxygen atoms in total. The second kappa shape index (κ2) is 13.0. The highest BCUT2D eigenvalue weighted by molar-refractivity contribution is 6.28. The molecule has 0 aliphatic heterocycles. The molecular weight excluding hydrogens is 697 g/mol. The van der Waals surface area contributed by atoms with Gasteiger partial charge in [0, 0.05) is 0 Å². The highest BCUT2D eigenvalue weighted by Gasteiger charge is 2.31. The predicted octanol–water partition coefficient (Wildman–Crippen LogP) is 16.3. The maximum atomic E-state index is 2.48. The van der Waals surface area contributed by atoms with E-state index in [1.165, 1.54) is 121 Å². The molecule has 268 valence electrons. The lowest BCUT2D eigenvalue weighted by Crippen LogP contribution is -1.93. The molecular formula is C58H36. The number of hydrogen-bond donors (Lipinski definition) is 0. The van der Waals surface area contributed by atoms with Gasteiger partial charge in [0.25, 0.3) is 0 Å². The van der Waals surface area contributed by atoms with E-state index in [9.17, 15) is 0 Å². The molecule has 1 aliphatic rings. The molecule has 0 heteroatoms. The minimum atomic E-state index is 1.21. The molecule has 0 bridgehead atoms. The van der Waals surface area contributed by atoms with Crippen LogP contribution in [0.4, 0.5) is 0 Å². The molecule has 1 aliphatic carbocycles. The summed E-state index contributed by atoms with van der Waals surface area (Å²) in [6, 6.07) is 80.7. The SMILES string of the molecule is c1ccc(-c2c3c(c(-c4ccccc4)c4ccccc24)-c2cc(-c4ccc5c(-c6ccccc6)c6ccccc6c(-c6ccccc6)c5c4)cc4cccc-3c24)cc1. The van der Waals surface area contributed by atoms with Gasteiger partial charge >= 0.3 is 0 Å². The fourth-order valence-corrected chi connectivity index (χ4v) is 9.98. The molecule has 0 amide bonds. The van der Waals surface area contributed by atoms with E-state index >= 15 is 0 Å². The third kappa shape index (κ3) is 4.89. The lowest BCUT2D eigenvalue weighted by Gasteiger charge is -2.20. The summed E-state index contributed by atoms with van der Waals surface area (Å²) in [5.41, 5.74) is 17.8. The van der Waals surface area contributed by atoms with E-state index in [2.05, 4.69) is 218 Å². The zero-order valence-electron chi connectivity index (χ0n) is 31.8. The van der Waals surface area contributed by atoms with Gasteiger partial charge in [0.15, 0.2) is 0 Å². The molecule has 11 aromatic rings. The zero-order valence-corrected chi connectivity index (χ0v) is 31.8. The topological polar surface area (TPSA) is 0 Å². The van der Waals surface area contributed by atoms with Crippen LogP contribution < -0.4 is 0 Å². The summed E-state index contributed by atoms with van der Waals surface area (Å²) >= 11 is 0. The molecule has 0 heterocycles. The first-order valence-electron chi connectivity index (χ1n) is 20.2. The molecule has 0 atom stereocenters. The molecule has 0 saturated carbocycles. The average molecular weight is 733 g/mol. The molecule has 12 rings (SSSR count). The molecule has 0 aromatic heterocycles. The average Bonchev–Trinajstić information content (AvgIpc) is 3.62. The first kappa shape index (κ1) is 32.7. The van der Waals surface area contributed by atoms with Crippen molar-refractivity contribution in [2.75, 3.05) is 0 Å². The van der Waals surface area contributed by atoms with Crippen molar-refractivity contribution < 1.29 is 0 Å². The van der Waals surface area contributed by atoms with E-state index in [0.29, 0.717) is 0 Å². The Hall–Kier alpha value is -7.54. The minimum absolute atomic E-state index is 1.21. The molecule has 0 radical (unpaired) electrons. The molecule has 0 saturated heterocycles. The fourth-order valence-electron chi connectivity index (χ4n) is 9.98. The van der Waals surface area contributed by atoms with E-state index in [1.54, 1.807) is 0 Å². The van der Waals surface area contributed by atoms with E-state index in [1.807, 2.05) is 0 Å². The van der Waals surface area contributed by atoms with Crippen molar-refractivity contribution in [2.24, 2.45) is 0 Å². The van der Waals surface area contributed by atoms with Crippen LogP contribution in [0.15, 0.2) is 218 Å². The van der Waals surface area contributed by atoms with Crippen molar-refractivity contribution in [2.45, 2.75) is 0 Å². The minimum Gasteiger partial charge on any atom is -0.0622 e. The van der Waals surface area contributed by atoms with E-state index in [-0.39, 0.29) is 0 Å². The number of benzene rings is 11. The fraction of sp³-hybridized carbons (Fsp3) is 0. The van der Waals surface area contributed by atoms with Crippen molar-refractivity contribution in [1.29, 1.82) is 0 Å². The second-order valence-corrected chi connectivity index (χ2v) is 15.5. The monoisotopic (exact) mass is 732 g/mol. The number of hydrogen-bond acceptors (Lipinski definition) is 0. The third-order valence-corrected chi connectivity index (χ3v) is 12.3. The van der Waals surface area contributed by atoms with Crippen LogP contribution in [0.2, 0.25) is 0 Å². The van der Waals surface area contributed by atoms with Crippen LogP contribution in [0, 0.1) is 0 Å². The normalized spacial score (nSPS) is 11.8. The largest absolute Gasteiger partial charge is 0.0622 e. The molecule has 11 aromatic carbocycles. The Balaban J connectivity index is 1.19. The van der Waals surface area contributed by atoms with Gasteiger partial charge in [-0.2, -0.15) is 0 Å². The lowest BCUT2D eigenvalue weighted by molar-refractivity contribution is 1.62. The van der Waals surface area contributed by atoms with Crippen molar-refractivity contribution in [1.82, 2.24) is 0 Å². The van der Waals surface area contributed by atoms with Gasteiger partial charge in [-0.25, -0.2) is 0 Å². The Morgan fingerprint density at radius 3 is 1.12 bits per heavy atom. The smallest absolute Gasteiger partial charge is 0.000720 e. The van der Waals surface area contributed by atoms with Crippen LogP contribution in [0.5, 0.6) is 0 Å². The molecule has 58 heavy (non-hydrogen) atoms. The standard InChI is InChI=1S/C58H36/c1-5-18-37(19-6-1)52-44-27-13-14-28-45(44)53(38-20-7-2-8-21-38)50-35-41(32-33-48(50)52)43-34-42-26-17-31-49-54(42)51(36-43)58-56(40-24-11-4-12-25-40)47-30-16-15-29-46(47)55(57(49)58)39-22-9-3-10-23-39/h1-36H. The highest BCUT2D eigenvalue weighted by atomic mass is 14.3. The summed E-state index contributed by atoms with van der Waals surface area (Å²) in [5.74, 6) is 0. The van der Waals surface area contributed by atoms with Gasteiger partial charge in [-0.15, -0.1) is 0 Å². The Labute approximate surface area is 337 Å². The summed E-state index contributed by atoms with van der Waals surface area (Å²) in [7, 11) is 0. The van der Waals surface area contributed by atoms with Gasteiger partial charge in [0.05, 0.1) is 0 Å². The first-order valence-corrected chi connectivity index (χ1v) is 20.2. The van der Waals surface area contributed by atoms with Gasteiger partial charge in [0.1, 0.15) is 0 Å². The van der Waals surface area contributed by atoms with E-state index in [4.69, 9.17) is 0 Å². The predicted molar refractivity (Wildman–Crippen MR) is 248 cm³/mol. The Morgan fingerprint density at radius 1 is 0.190 bits per heavy atom. The van der Waals surface area contributed by atoms with Gasteiger partial charge in [-0.3, -0.25) is 0 Å². The van der Waals surface area contributed by atoms with Gasteiger partial charge in [-0.05, 0) is 139 Å². The second-order valence-electron chi connectivity index (χ2n) is 15.5. The van der Waals surface area contributed by atoms with Crippen molar-refractivity contribution in [3.05, 3.63) is 218 Å². The van der Waals surface area contributed by atoms with Gasteiger partial charge < -0.3 is 0 Å². The lowest BCUT2D eigenvalue weighted by atomic mass is 9.82. The van der Waals surface area contributed by atoms with Crippen molar-refractivity contribution >= 4 is 43.1 Å². The quantitative estimate of drug-likeness (QED) is 0.155.